The summed E-state index contributed by atoms with van der Waals surface area (Å²) in [6.07, 6.45) is -4.85. The lowest BCUT2D eigenvalue weighted by molar-refractivity contribution is -0.138. The molecule has 0 radical (unpaired) electrons. The first kappa shape index (κ1) is 23.2. The van der Waals surface area contributed by atoms with Crippen LogP contribution in [-0.2, 0) is 28.7 Å². The number of amides is 1. The van der Waals surface area contributed by atoms with Crippen LogP contribution in [0.1, 0.15) is 23.6 Å². The van der Waals surface area contributed by atoms with E-state index in [4.69, 9.17) is 9.84 Å². The number of carboxylic acid groups (broad SMARTS) is 1. The Balaban J connectivity index is 2.66. The first-order valence-corrected chi connectivity index (χ1v) is 9.02. The summed E-state index contributed by atoms with van der Waals surface area (Å²) in [5.41, 5.74) is 0.542. The fraction of sp³-hybridized carbons (Fsp3) is 0.333. The number of carbonyl (C=O) groups excluding carboxylic acids is 1. The summed E-state index contributed by atoms with van der Waals surface area (Å²) >= 11 is 0. The van der Waals surface area contributed by atoms with E-state index >= 15 is 0 Å². The number of hydrogen-bond acceptors (Lipinski definition) is 4. The summed E-state index contributed by atoms with van der Waals surface area (Å²) in [7, 11) is 1.40. The Morgan fingerprint density at radius 1 is 1.10 bits per heavy atom. The Morgan fingerprint density at radius 2 is 1.80 bits per heavy atom. The van der Waals surface area contributed by atoms with Crippen molar-refractivity contribution in [2.75, 3.05) is 20.3 Å². The molecule has 6 nitrogen and oxygen atoms in total. The fourth-order valence-electron chi connectivity index (χ4n) is 3.09. The smallest absolute Gasteiger partial charge is 0.416 e. The highest BCUT2D eigenvalue weighted by atomic mass is 19.4. The van der Waals surface area contributed by atoms with Crippen molar-refractivity contribution in [3.05, 3.63) is 53.1 Å². The van der Waals surface area contributed by atoms with Crippen LogP contribution in [0.3, 0.4) is 0 Å². The summed E-state index contributed by atoms with van der Waals surface area (Å²) in [4.78, 5) is 24.2. The minimum Gasteiger partial charge on any atom is -0.496 e. The summed E-state index contributed by atoms with van der Waals surface area (Å²) in [5.74, 6) is -1.11. The molecule has 2 aromatic rings. The van der Waals surface area contributed by atoms with E-state index in [2.05, 4.69) is 0 Å². The maximum absolute atomic E-state index is 13.3. The summed E-state index contributed by atoms with van der Waals surface area (Å²) in [6.45, 7) is 0.713. The predicted octanol–water partition coefficient (Wildman–Crippen LogP) is 3.35. The fourth-order valence-corrected chi connectivity index (χ4v) is 3.09. The van der Waals surface area contributed by atoms with Gasteiger partial charge in [-0.2, -0.15) is 13.2 Å². The molecular formula is C21H22F3NO5. The number of hydrogen-bond donors (Lipinski definition) is 2. The molecular weight excluding hydrogens is 403 g/mol. The van der Waals surface area contributed by atoms with Gasteiger partial charge in [0.1, 0.15) is 5.75 Å². The molecule has 0 heterocycles. The van der Waals surface area contributed by atoms with Gasteiger partial charge in [-0.15, -0.1) is 0 Å². The molecule has 0 aliphatic heterocycles. The third kappa shape index (κ3) is 5.73. The highest BCUT2D eigenvalue weighted by Crippen LogP contribution is 2.38. The second kappa shape index (κ2) is 9.62. The Morgan fingerprint density at radius 3 is 2.33 bits per heavy atom. The Labute approximate surface area is 171 Å². The molecule has 0 saturated carbocycles. The molecule has 0 fully saturated rings. The van der Waals surface area contributed by atoms with E-state index in [-0.39, 0.29) is 31.7 Å². The zero-order valence-electron chi connectivity index (χ0n) is 16.5. The topological polar surface area (TPSA) is 87.1 Å². The molecule has 0 saturated heterocycles. The predicted molar refractivity (Wildman–Crippen MR) is 103 cm³/mol. The molecule has 0 bridgehead atoms. The molecule has 9 heteroatoms. The standard InChI is InChI=1S/C21H22F3NO5/c1-13(27)25(7-8-26)12-15-11-16(21(22,23)24)4-5-17(15)18-9-14(10-20(28)29)3-6-19(18)30-2/h3-6,9,11,26H,7-8,10,12H2,1-2H3,(H,28,29). The monoisotopic (exact) mass is 425 g/mol. The van der Waals surface area contributed by atoms with Crippen LogP contribution in [0.5, 0.6) is 5.75 Å². The zero-order valence-corrected chi connectivity index (χ0v) is 16.5. The summed E-state index contributed by atoms with van der Waals surface area (Å²) in [5, 5.41) is 18.2. The Hall–Kier alpha value is -3.07. The van der Waals surface area contributed by atoms with E-state index in [0.717, 1.165) is 12.1 Å². The van der Waals surface area contributed by atoms with Crippen LogP contribution in [0.25, 0.3) is 11.1 Å². The lowest BCUT2D eigenvalue weighted by Crippen LogP contribution is -2.31. The minimum atomic E-state index is -4.58. The third-order valence-corrected chi connectivity index (χ3v) is 4.52. The molecule has 30 heavy (non-hydrogen) atoms. The SMILES string of the molecule is COc1ccc(CC(=O)O)cc1-c1ccc(C(F)(F)F)cc1CN(CCO)C(C)=O. The zero-order chi connectivity index (χ0) is 22.5. The molecule has 0 atom stereocenters. The van der Waals surface area contributed by atoms with Crippen LogP contribution >= 0.6 is 0 Å². The van der Waals surface area contributed by atoms with E-state index in [1.807, 2.05) is 0 Å². The highest BCUT2D eigenvalue weighted by Gasteiger charge is 2.31. The molecule has 0 aromatic heterocycles. The van der Waals surface area contributed by atoms with Gasteiger partial charge in [-0.25, -0.2) is 0 Å². The first-order valence-electron chi connectivity index (χ1n) is 9.02. The number of halogens is 3. The van der Waals surface area contributed by atoms with Crippen LogP contribution in [0.2, 0.25) is 0 Å². The molecule has 162 valence electrons. The van der Waals surface area contributed by atoms with Crippen molar-refractivity contribution < 1.29 is 37.7 Å². The van der Waals surface area contributed by atoms with Crippen molar-refractivity contribution in [3.63, 3.8) is 0 Å². The van der Waals surface area contributed by atoms with Gasteiger partial charge < -0.3 is 19.8 Å². The number of aliphatic hydroxyl groups excluding tert-OH is 1. The number of benzene rings is 2. The lowest BCUT2D eigenvalue weighted by atomic mass is 9.94. The number of aliphatic carboxylic acids is 1. The number of carboxylic acids is 1. The largest absolute Gasteiger partial charge is 0.496 e. The normalized spacial score (nSPS) is 11.3. The number of ether oxygens (including phenoxy) is 1. The average Bonchev–Trinajstić information content (AvgIpc) is 2.66. The Kier molecular flexibility index (Phi) is 7.44. The van der Waals surface area contributed by atoms with Crippen molar-refractivity contribution in [2.24, 2.45) is 0 Å². The van der Waals surface area contributed by atoms with Gasteiger partial charge in [0.05, 0.1) is 25.7 Å². The molecule has 2 N–H and O–H groups in total. The highest BCUT2D eigenvalue weighted by molar-refractivity contribution is 5.78. The van der Waals surface area contributed by atoms with E-state index < -0.39 is 23.6 Å². The molecule has 2 aromatic carbocycles. The quantitative estimate of drug-likeness (QED) is 0.678. The van der Waals surface area contributed by atoms with Gasteiger partial charge in [-0.05, 0) is 41.0 Å². The molecule has 0 aliphatic rings. The number of rotatable bonds is 8. The van der Waals surface area contributed by atoms with Gasteiger partial charge in [-0.3, -0.25) is 9.59 Å². The average molecular weight is 425 g/mol. The van der Waals surface area contributed by atoms with E-state index in [1.54, 1.807) is 18.2 Å². The summed E-state index contributed by atoms with van der Waals surface area (Å²) < 4.78 is 45.2. The number of aliphatic hydroxyl groups is 1. The van der Waals surface area contributed by atoms with Gasteiger partial charge in [-0.1, -0.05) is 12.1 Å². The van der Waals surface area contributed by atoms with Crippen molar-refractivity contribution in [1.29, 1.82) is 0 Å². The molecule has 0 spiro atoms. The molecule has 1 amide bonds. The van der Waals surface area contributed by atoms with Crippen LogP contribution in [-0.4, -0.2) is 47.3 Å². The first-order chi connectivity index (χ1) is 14.1. The number of nitrogens with zero attached hydrogens (tertiary/aromatic N) is 1. The van der Waals surface area contributed by atoms with Crippen LogP contribution in [0.4, 0.5) is 13.2 Å². The molecule has 0 aliphatic carbocycles. The van der Waals surface area contributed by atoms with E-state index in [0.29, 0.717) is 22.4 Å². The van der Waals surface area contributed by atoms with Crippen LogP contribution in [0, 0.1) is 0 Å². The molecule has 0 unspecified atom stereocenters. The van der Waals surface area contributed by atoms with Gasteiger partial charge >= 0.3 is 12.1 Å². The minimum absolute atomic E-state index is 0.0405. The summed E-state index contributed by atoms with van der Waals surface area (Å²) in [6, 6.07) is 7.80. The maximum Gasteiger partial charge on any atom is 0.416 e. The second-order valence-electron chi connectivity index (χ2n) is 6.64. The lowest BCUT2D eigenvalue weighted by Gasteiger charge is -2.23. The van der Waals surface area contributed by atoms with Crippen LogP contribution in [0.15, 0.2) is 36.4 Å². The van der Waals surface area contributed by atoms with E-state index in [1.165, 1.54) is 25.0 Å². The van der Waals surface area contributed by atoms with E-state index in [9.17, 15) is 27.9 Å². The van der Waals surface area contributed by atoms with Gasteiger partial charge in [0.2, 0.25) is 5.91 Å². The van der Waals surface area contributed by atoms with Crippen molar-refractivity contribution in [1.82, 2.24) is 4.90 Å². The van der Waals surface area contributed by atoms with Crippen molar-refractivity contribution in [2.45, 2.75) is 26.1 Å². The molecule has 2 rings (SSSR count). The van der Waals surface area contributed by atoms with Gasteiger partial charge in [0, 0.05) is 25.6 Å². The van der Waals surface area contributed by atoms with Gasteiger partial charge in [0.15, 0.2) is 0 Å². The van der Waals surface area contributed by atoms with Crippen molar-refractivity contribution in [3.8, 4) is 16.9 Å². The van der Waals surface area contributed by atoms with Gasteiger partial charge in [0.25, 0.3) is 0 Å². The number of carbonyl (C=O) groups is 2. The van der Waals surface area contributed by atoms with Crippen molar-refractivity contribution >= 4 is 11.9 Å². The number of alkyl halides is 3. The Bertz CT molecular complexity index is 927. The number of methoxy groups -OCH3 is 1. The van der Waals surface area contributed by atoms with Crippen LogP contribution < -0.4 is 4.74 Å². The third-order valence-electron chi connectivity index (χ3n) is 4.52. The maximum atomic E-state index is 13.3. The second-order valence-corrected chi connectivity index (χ2v) is 6.64.